The molecular weight excluding hydrogens is 316 g/mol. The van der Waals surface area contributed by atoms with E-state index in [1.165, 1.54) is 5.69 Å². The second-order valence-electron chi connectivity index (χ2n) is 6.19. The molecule has 1 aromatic carbocycles. The number of amides is 2. The van der Waals surface area contributed by atoms with Gasteiger partial charge in [-0.1, -0.05) is 18.2 Å². The first kappa shape index (κ1) is 15.4. The van der Waals surface area contributed by atoms with Gasteiger partial charge in [0.15, 0.2) is 5.82 Å². The monoisotopic (exact) mass is 336 g/mol. The van der Waals surface area contributed by atoms with Crippen molar-refractivity contribution < 1.29 is 4.79 Å². The molecule has 1 aliphatic carbocycles. The van der Waals surface area contributed by atoms with Crippen molar-refractivity contribution in [1.82, 2.24) is 24.9 Å². The molecule has 1 unspecified atom stereocenters. The summed E-state index contributed by atoms with van der Waals surface area (Å²) in [7, 11) is 1.94. The van der Waals surface area contributed by atoms with Crippen molar-refractivity contribution in [3.05, 3.63) is 60.0 Å². The molecule has 2 amide bonds. The molecule has 4 rings (SSSR count). The third-order valence-corrected chi connectivity index (χ3v) is 4.53. The van der Waals surface area contributed by atoms with Crippen LogP contribution in [0.1, 0.15) is 30.1 Å². The van der Waals surface area contributed by atoms with E-state index in [-0.39, 0.29) is 12.1 Å². The summed E-state index contributed by atoms with van der Waals surface area (Å²) in [5.74, 6) is 0.517. The lowest BCUT2D eigenvalue weighted by Crippen LogP contribution is -2.34. The van der Waals surface area contributed by atoms with Gasteiger partial charge in [0.1, 0.15) is 0 Å². The number of aromatic nitrogens is 4. The molecule has 0 saturated carbocycles. The van der Waals surface area contributed by atoms with Gasteiger partial charge in [-0.15, -0.1) is 5.10 Å². The number of benzene rings is 1. The molecule has 128 valence electrons. The molecule has 25 heavy (non-hydrogen) atoms. The summed E-state index contributed by atoms with van der Waals surface area (Å²) in [6.45, 7) is 0. The Bertz CT molecular complexity index is 882. The van der Waals surface area contributed by atoms with Gasteiger partial charge >= 0.3 is 6.03 Å². The molecule has 1 atom stereocenters. The predicted molar refractivity (Wildman–Crippen MR) is 94.6 cm³/mol. The first-order valence-corrected chi connectivity index (χ1v) is 8.40. The van der Waals surface area contributed by atoms with Crippen LogP contribution in [0.4, 0.5) is 10.6 Å². The van der Waals surface area contributed by atoms with Crippen molar-refractivity contribution in [2.45, 2.75) is 25.3 Å². The number of anilines is 1. The second-order valence-corrected chi connectivity index (χ2v) is 6.19. The van der Waals surface area contributed by atoms with Gasteiger partial charge < -0.3 is 5.32 Å². The lowest BCUT2D eigenvalue weighted by Gasteiger charge is -2.23. The Kier molecular flexibility index (Phi) is 3.97. The van der Waals surface area contributed by atoms with Crippen LogP contribution >= 0.6 is 0 Å². The Morgan fingerprint density at radius 1 is 1.24 bits per heavy atom. The Hall–Kier alpha value is -3.09. The minimum atomic E-state index is -0.250. The van der Waals surface area contributed by atoms with E-state index in [9.17, 15) is 4.79 Å². The number of hydrogen-bond donors (Lipinski definition) is 2. The summed E-state index contributed by atoms with van der Waals surface area (Å²) >= 11 is 0. The van der Waals surface area contributed by atoms with Crippen molar-refractivity contribution in [3.63, 3.8) is 0 Å². The van der Waals surface area contributed by atoms with Crippen molar-refractivity contribution in [3.8, 4) is 5.69 Å². The first-order chi connectivity index (χ1) is 12.2. The average molecular weight is 336 g/mol. The number of carbonyl (C=O) groups excluding carboxylic acids is 1. The Morgan fingerprint density at radius 3 is 2.92 bits per heavy atom. The zero-order valence-electron chi connectivity index (χ0n) is 14.0. The summed E-state index contributed by atoms with van der Waals surface area (Å²) in [5, 5.41) is 14.5. The number of fused-ring (bicyclic) bond motifs is 1. The maximum absolute atomic E-state index is 12.3. The normalized spacial score (nSPS) is 16.3. The smallest absolute Gasteiger partial charge is 0.320 e. The molecule has 0 radical (unpaired) electrons. The number of nitrogens with one attached hydrogen (secondary N) is 2. The van der Waals surface area contributed by atoms with E-state index in [0.717, 1.165) is 30.5 Å². The number of carbonyl (C=O) groups is 1. The van der Waals surface area contributed by atoms with Gasteiger partial charge in [-0.2, -0.15) is 5.10 Å². The van der Waals surface area contributed by atoms with E-state index in [2.05, 4.69) is 20.8 Å². The fraction of sp³-hybridized carbons (Fsp3) is 0.278. The molecule has 7 heteroatoms. The van der Waals surface area contributed by atoms with Gasteiger partial charge in [-0.05, 0) is 31.4 Å². The fourth-order valence-electron chi connectivity index (χ4n) is 3.28. The first-order valence-electron chi connectivity index (χ1n) is 8.40. The summed E-state index contributed by atoms with van der Waals surface area (Å²) in [4.78, 5) is 12.3. The van der Waals surface area contributed by atoms with Crippen LogP contribution in [0.2, 0.25) is 0 Å². The van der Waals surface area contributed by atoms with Gasteiger partial charge in [0.25, 0.3) is 0 Å². The zero-order valence-corrected chi connectivity index (χ0v) is 14.0. The lowest BCUT2D eigenvalue weighted by molar-refractivity contribution is 0.247. The third kappa shape index (κ3) is 3.13. The highest BCUT2D eigenvalue weighted by molar-refractivity contribution is 5.88. The molecule has 3 aromatic rings. The molecule has 2 aromatic heterocycles. The molecular formula is C18H20N6O. The van der Waals surface area contributed by atoms with Gasteiger partial charge in [0.2, 0.25) is 0 Å². The summed E-state index contributed by atoms with van der Waals surface area (Å²) in [5.41, 5.74) is 3.26. The van der Waals surface area contributed by atoms with Gasteiger partial charge in [0.05, 0.1) is 17.9 Å². The van der Waals surface area contributed by atoms with Crippen molar-refractivity contribution in [1.29, 1.82) is 0 Å². The van der Waals surface area contributed by atoms with E-state index in [4.69, 9.17) is 0 Å². The molecule has 2 heterocycles. The van der Waals surface area contributed by atoms with Crippen LogP contribution in [0.25, 0.3) is 5.69 Å². The van der Waals surface area contributed by atoms with Crippen LogP contribution in [-0.2, 0) is 13.5 Å². The van der Waals surface area contributed by atoms with Gasteiger partial charge in [-0.3, -0.25) is 10.00 Å². The van der Waals surface area contributed by atoms with Gasteiger partial charge in [-0.25, -0.2) is 9.48 Å². The van der Waals surface area contributed by atoms with E-state index >= 15 is 0 Å². The maximum atomic E-state index is 12.3. The highest BCUT2D eigenvalue weighted by Crippen LogP contribution is 2.29. The molecule has 0 bridgehead atoms. The summed E-state index contributed by atoms with van der Waals surface area (Å²) in [6.07, 6.45) is 6.64. The third-order valence-electron chi connectivity index (χ3n) is 4.53. The minimum Gasteiger partial charge on any atom is -0.331 e. The van der Waals surface area contributed by atoms with Crippen molar-refractivity contribution in [2.24, 2.45) is 7.05 Å². The van der Waals surface area contributed by atoms with Crippen LogP contribution in [0, 0.1) is 0 Å². The molecule has 0 spiro atoms. The standard InChI is InChI=1S/C18H20N6O/c1-23-16-9-5-8-15(14(16)12-19-23)20-18(25)21-17-10-11-24(22-17)13-6-3-2-4-7-13/h2-4,6-7,10-12,15H,5,8-9H2,1H3,(H2,20,21,22,25). The van der Waals surface area contributed by atoms with Crippen LogP contribution in [-0.4, -0.2) is 25.6 Å². The van der Waals surface area contributed by atoms with Crippen LogP contribution in [0.5, 0.6) is 0 Å². The Morgan fingerprint density at radius 2 is 2.08 bits per heavy atom. The van der Waals surface area contributed by atoms with Crippen molar-refractivity contribution in [2.75, 3.05) is 5.32 Å². The van der Waals surface area contributed by atoms with Gasteiger partial charge in [0, 0.05) is 30.6 Å². The number of para-hydroxylation sites is 1. The van der Waals surface area contributed by atoms with E-state index in [1.54, 1.807) is 10.7 Å². The molecule has 0 aliphatic heterocycles. The minimum absolute atomic E-state index is 0.00587. The Labute approximate surface area is 145 Å². The highest BCUT2D eigenvalue weighted by atomic mass is 16.2. The van der Waals surface area contributed by atoms with E-state index in [0.29, 0.717) is 5.82 Å². The highest BCUT2D eigenvalue weighted by Gasteiger charge is 2.24. The number of urea groups is 1. The topological polar surface area (TPSA) is 76.8 Å². The molecule has 7 nitrogen and oxygen atoms in total. The number of rotatable bonds is 3. The van der Waals surface area contributed by atoms with Crippen LogP contribution in [0.15, 0.2) is 48.8 Å². The second kappa shape index (κ2) is 6.43. The lowest BCUT2D eigenvalue weighted by atomic mass is 9.93. The number of hydrogen-bond acceptors (Lipinski definition) is 3. The van der Waals surface area contributed by atoms with Crippen molar-refractivity contribution >= 4 is 11.8 Å². The largest absolute Gasteiger partial charge is 0.331 e. The SMILES string of the molecule is Cn1ncc2c1CCCC2NC(=O)Nc1ccn(-c2ccccc2)n1. The fourth-order valence-corrected chi connectivity index (χ4v) is 3.28. The van der Waals surface area contributed by atoms with Crippen LogP contribution in [0.3, 0.4) is 0 Å². The van der Waals surface area contributed by atoms with Crippen LogP contribution < -0.4 is 10.6 Å². The zero-order chi connectivity index (χ0) is 17.2. The average Bonchev–Trinajstić information content (AvgIpc) is 3.24. The van der Waals surface area contributed by atoms with E-state index in [1.807, 2.05) is 54.5 Å². The maximum Gasteiger partial charge on any atom is 0.320 e. The summed E-state index contributed by atoms with van der Waals surface area (Å²) in [6, 6.07) is 11.3. The number of aryl methyl sites for hydroxylation is 1. The quantitative estimate of drug-likeness (QED) is 0.772. The number of nitrogens with zero attached hydrogens (tertiary/aromatic N) is 4. The predicted octanol–water partition coefficient (Wildman–Crippen LogP) is 2.80. The molecule has 0 saturated heterocycles. The molecule has 2 N–H and O–H groups in total. The molecule has 1 aliphatic rings. The Balaban J connectivity index is 1.43. The summed E-state index contributed by atoms with van der Waals surface area (Å²) < 4.78 is 3.62. The molecule has 0 fully saturated rings. The van der Waals surface area contributed by atoms with E-state index < -0.39 is 0 Å².